The summed E-state index contributed by atoms with van der Waals surface area (Å²) in [7, 11) is 0. The number of nitrogens with zero attached hydrogens (tertiary/aromatic N) is 2. The molecule has 0 aliphatic heterocycles. The second-order valence-electron chi connectivity index (χ2n) is 4.80. The van der Waals surface area contributed by atoms with Gasteiger partial charge in [0.2, 0.25) is 0 Å². The summed E-state index contributed by atoms with van der Waals surface area (Å²) in [5.41, 5.74) is -0.840. The fourth-order valence-electron chi connectivity index (χ4n) is 1.30. The highest BCUT2D eigenvalue weighted by molar-refractivity contribution is 5.75. The van der Waals surface area contributed by atoms with Crippen LogP contribution >= 0.6 is 0 Å². The molecule has 0 atom stereocenters. The third-order valence-electron chi connectivity index (χ3n) is 2.73. The lowest BCUT2D eigenvalue weighted by Gasteiger charge is -2.18. The molecule has 0 saturated heterocycles. The van der Waals surface area contributed by atoms with Gasteiger partial charge in [0.25, 0.3) is 0 Å². The molecule has 0 aliphatic carbocycles. The van der Waals surface area contributed by atoms with E-state index in [0.29, 0.717) is 31.8 Å². The van der Waals surface area contributed by atoms with Crippen LogP contribution in [0.4, 0.5) is 4.79 Å². The van der Waals surface area contributed by atoms with Gasteiger partial charge in [-0.3, -0.25) is 9.89 Å². The first-order chi connectivity index (χ1) is 8.92. The summed E-state index contributed by atoms with van der Waals surface area (Å²) >= 11 is 0. The van der Waals surface area contributed by atoms with E-state index in [4.69, 9.17) is 5.11 Å². The number of aromatic nitrogens is 3. The summed E-state index contributed by atoms with van der Waals surface area (Å²) in [5, 5.41) is 20.6. The predicted octanol–water partition coefficient (Wildman–Crippen LogP) is 0.147. The number of amides is 2. The Kier molecular flexibility index (Phi) is 5.28. The highest BCUT2D eigenvalue weighted by Crippen LogP contribution is 2.19. The van der Waals surface area contributed by atoms with Crippen molar-refractivity contribution in [3.63, 3.8) is 0 Å². The smallest absolute Gasteiger partial charge is 0.314 e. The first-order valence-corrected chi connectivity index (χ1v) is 6.01. The molecule has 2 amide bonds. The Morgan fingerprint density at radius 3 is 2.63 bits per heavy atom. The molecular formula is C11H19N5O3. The van der Waals surface area contributed by atoms with Crippen molar-refractivity contribution in [1.29, 1.82) is 0 Å². The summed E-state index contributed by atoms with van der Waals surface area (Å²) in [5.74, 6) is -0.174. The van der Waals surface area contributed by atoms with Gasteiger partial charge in [0.1, 0.15) is 12.2 Å². The van der Waals surface area contributed by atoms with Crippen LogP contribution in [0.1, 0.15) is 26.1 Å². The van der Waals surface area contributed by atoms with Crippen LogP contribution < -0.4 is 10.6 Å². The average molecular weight is 269 g/mol. The van der Waals surface area contributed by atoms with Gasteiger partial charge in [-0.05, 0) is 20.3 Å². The van der Waals surface area contributed by atoms with Gasteiger partial charge in [-0.15, -0.1) is 0 Å². The van der Waals surface area contributed by atoms with Crippen molar-refractivity contribution in [2.24, 2.45) is 5.41 Å². The van der Waals surface area contributed by atoms with Gasteiger partial charge in [-0.25, -0.2) is 9.78 Å². The van der Waals surface area contributed by atoms with Gasteiger partial charge in [-0.2, -0.15) is 5.10 Å². The van der Waals surface area contributed by atoms with Crippen molar-refractivity contribution in [3.05, 3.63) is 12.2 Å². The molecule has 0 radical (unpaired) electrons. The van der Waals surface area contributed by atoms with Crippen LogP contribution in [0.2, 0.25) is 0 Å². The van der Waals surface area contributed by atoms with Crippen molar-refractivity contribution in [1.82, 2.24) is 25.8 Å². The number of urea groups is 1. The zero-order valence-corrected chi connectivity index (χ0v) is 11.1. The Bertz CT molecular complexity index is 416. The number of carbonyl (C=O) groups is 2. The minimum absolute atomic E-state index is 0.313. The Morgan fingerprint density at radius 2 is 2.05 bits per heavy atom. The van der Waals surface area contributed by atoms with Crippen molar-refractivity contribution in [3.8, 4) is 0 Å². The third-order valence-corrected chi connectivity index (χ3v) is 2.73. The van der Waals surface area contributed by atoms with Crippen molar-refractivity contribution >= 4 is 12.0 Å². The summed E-state index contributed by atoms with van der Waals surface area (Å²) in [6.07, 6.45) is 2.34. The van der Waals surface area contributed by atoms with Crippen LogP contribution in [0.5, 0.6) is 0 Å². The third kappa shape index (κ3) is 5.36. The number of H-pyrrole nitrogens is 1. The number of carboxylic acids is 1. The molecule has 1 aromatic rings. The van der Waals surface area contributed by atoms with Gasteiger partial charge in [-0.1, -0.05) is 0 Å². The topological polar surface area (TPSA) is 120 Å². The second kappa shape index (κ2) is 6.72. The quantitative estimate of drug-likeness (QED) is 0.561. The van der Waals surface area contributed by atoms with E-state index in [0.717, 1.165) is 0 Å². The molecule has 1 aromatic heterocycles. The van der Waals surface area contributed by atoms with Crippen LogP contribution in [-0.2, 0) is 11.2 Å². The lowest BCUT2D eigenvalue weighted by Crippen LogP contribution is -2.39. The Labute approximate surface area is 111 Å². The minimum Gasteiger partial charge on any atom is -0.481 e. The Hall–Kier alpha value is -2.12. The average Bonchev–Trinajstić information content (AvgIpc) is 2.81. The molecule has 1 rings (SSSR count). The number of carbonyl (C=O) groups excluding carboxylic acids is 1. The normalized spacial score (nSPS) is 11.1. The van der Waals surface area contributed by atoms with E-state index in [1.54, 1.807) is 13.8 Å². The van der Waals surface area contributed by atoms with E-state index in [2.05, 4.69) is 25.8 Å². The van der Waals surface area contributed by atoms with E-state index in [9.17, 15) is 9.59 Å². The van der Waals surface area contributed by atoms with E-state index < -0.39 is 11.4 Å². The number of hydrogen-bond donors (Lipinski definition) is 4. The molecule has 0 aromatic carbocycles. The molecule has 4 N–H and O–H groups in total. The summed E-state index contributed by atoms with van der Waals surface area (Å²) in [4.78, 5) is 26.2. The van der Waals surface area contributed by atoms with Crippen molar-refractivity contribution in [2.75, 3.05) is 13.1 Å². The number of aromatic amines is 1. The van der Waals surface area contributed by atoms with Gasteiger partial charge < -0.3 is 15.7 Å². The second-order valence-corrected chi connectivity index (χ2v) is 4.80. The Balaban J connectivity index is 2.13. The molecule has 8 heteroatoms. The molecule has 0 unspecified atom stereocenters. The maximum Gasteiger partial charge on any atom is 0.314 e. The fraction of sp³-hybridized carbons (Fsp3) is 0.636. The molecule has 0 saturated carbocycles. The molecule has 0 aliphatic rings. The SMILES string of the molecule is CC(C)(CCNC(=O)NCCc1ncn[nH]1)C(=O)O. The molecule has 8 nitrogen and oxygen atoms in total. The van der Waals surface area contributed by atoms with Gasteiger partial charge in [0, 0.05) is 19.5 Å². The van der Waals surface area contributed by atoms with Gasteiger partial charge in [0.15, 0.2) is 0 Å². The lowest BCUT2D eigenvalue weighted by molar-refractivity contribution is -0.147. The fourth-order valence-corrected chi connectivity index (χ4v) is 1.30. The van der Waals surface area contributed by atoms with Crippen molar-refractivity contribution in [2.45, 2.75) is 26.7 Å². The maximum atomic E-state index is 11.4. The molecule has 0 fully saturated rings. The van der Waals surface area contributed by atoms with E-state index in [1.807, 2.05) is 0 Å². The first-order valence-electron chi connectivity index (χ1n) is 6.01. The van der Waals surface area contributed by atoms with Gasteiger partial charge in [0.05, 0.1) is 5.41 Å². The molecule has 1 heterocycles. The molecule has 0 spiro atoms. The van der Waals surface area contributed by atoms with E-state index >= 15 is 0 Å². The van der Waals surface area contributed by atoms with Crippen LogP contribution in [0, 0.1) is 5.41 Å². The van der Waals surface area contributed by atoms with Crippen LogP contribution in [0.3, 0.4) is 0 Å². The van der Waals surface area contributed by atoms with E-state index in [1.165, 1.54) is 6.33 Å². The first kappa shape index (κ1) is 14.9. The lowest BCUT2D eigenvalue weighted by atomic mass is 9.90. The molecule has 0 bridgehead atoms. The van der Waals surface area contributed by atoms with Gasteiger partial charge >= 0.3 is 12.0 Å². The number of hydrogen-bond acceptors (Lipinski definition) is 4. The summed E-state index contributed by atoms with van der Waals surface area (Å²) in [6, 6.07) is -0.319. The number of aliphatic carboxylic acids is 1. The van der Waals surface area contributed by atoms with Crippen LogP contribution in [0.15, 0.2) is 6.33 Å². The summed E-state index contributed by atoms with van der Waals surface area (Å²) < 4.78 is 0. The largest absolute Gasteiger partial charge is 0.481 e. The van der Waals surface area contributed by atoms with Crippen molar-refractivity contribution < 1.29 is 14.7 Å². The van der Waals surface area contributed by atoms with E-state index in [-0.39, 0.29) is 6.03 Å². The molecular weight excluding hydrogens is 250 g/mol. The minimum atomic E-state index is -0.875. The zero-order chi connectivity index (χ0) is 14.3. The summed E-state index contributed by atoms with van der Waals surface area (Å²) in [6.45, 7) is 3.99. The molecule has 106 valence electrons. The number of nitrogens with one attached hydrogen (secondary N) is 3. The highest BCUT2D eigenvalue weighted by Gasteiger charge is 2.26. The standard InChI is InChI=1S/C11H19N5O3/c1-11(2,9(17)18)4-6-13-10(19)12-5-3-8-14-7-15-16-8/h7H,3-6H2,1-2H3,(H,17,18)(H2,12,13,19)(H,14,15,16). The predicted molar refractivity (Wildman–Crippen MR) is 67.5 cm³/mol. The van der Waals surface area contributed by atoms with Crippen LogP contribution in [-0.4, -0.2) is 45.4 Å². The highest BCUT2D eigenvalue weighted by atomic mass is 16.4. The van der Waals surface area contributed by atoms with Crippen LogP contribution in [0.25, 0.3) is 0 Å². The maximum absolute atomic E-state index is 11.4. The zero-order valence-electron chi connectivity index (χ0n) is 11.1. The Morgan fingerprint density at radius 1 is 1.37 bits per heavy atom. The monoisotopic (exact) mass is 269 g/mol. The molecule has 19 heavy (non-hydrogen) atoms. The number of rotatable bonds is 7. The number of carboxylic acid groups (broad SMARTS) is 1.